The monoisotopic (exact) mass is 252 g/mol. The highest BCUT2D eigenvalue weighted by Gasteiger charge is 2.07. The Morgan fingerprint density at radius 1 is 1.54 bits per heavy atom. The fourth-order valence-corrected chi connectivity index (χ4v) is 2.60. The van der Waals surface area contributed by atoms with Gasteiger partial charge in [0, 0.05) is 4.47 Å². The van der Waals surface area contributed by atoms with Crippen LogP contribution in [0, 0.1) is 6.57 Å². The normalized spacial score (nSPS) is 10.2. The Kier molecular flexibility index (Phi) is 2.30. The number of thiazole rings is 1. The number of rotatable bonds is 1. The second-order valence-corrected chi connectivity index (χ2v) is 4.48. The number of fused-ring (bicyclic) bond motifs is 1. The molecule has 13 heavy (non-hydrogen) atoms. The first-order valence-electron chi connectivity index (χ1n) is 3.68. The molecule has 1 aromatic carbocycles. The molecule has 0 radical (unpaired) electrons. The van der Waals surface area contributed by atoms with E-state index in [4.69, 9.17) is 6.57 Å². The molecule has 0 unspecified atom stereocenters. The highest BCUT2D eigenvalue weighted by Crippen LogP contribution is 2.28. The molecule has 4 heteroatoms. The van der Waals surface area contributed by atoms with Crippen molar-refractivity contribution in [2.45, 2.75) is 6.54 Å². The lowest BCUT2D eigenvalue weighted by Crippen LogP contribution is -1.75. The third kappa shape index (κ3) is 1.58. The number of hydrogen-bond acceptors (Lipinski definition) is 2. The van der Waals surface area contributed by atoms with E-state index in [1.807, 2.05) is 18.2 Å². The lowest BCUT2D eigenvalue weighted by molar-refractivity contribution is 1.21. The van der Waals surface area contributed by atoms with E-state index in [1.165, 1.54) is 0 Å². The van der Waals surface area contributed by atoms with Crippen LogP contribution < -0.4 is 0 Å². The molecule has 0 amide bonds. The summed E-state index contributed by atoms with van der Waals surface area (Å²) in [5, 5.41) is 0.886. The molecule has 0 atom stereocenters. The van der Waals surface area contributed by atoms with E-state index in [9.17, 15) is 0 Å². The summed E-state index contributed by atoms with van der Waals surface area (Å²) >= 11 is 5.01. The first-order chi connectivity index (χ1) is 6.31. The van der Waals surface area contributed by atoms with Crippen molar-refractivity contribution in [2.24, 2.45) is 0 Å². The maximum atomic E-state index is 6.75. The lowest BCUT2D eigenvalue weighted by Gasteiger charge is -1.88. The zero-order valence-electron chi connectivity index (χ0n) is 6.62. The summed E-state index contributed by atoms with van der Waals surface area (Å²) in [6, 6.07) is 5.96. The number of benzene rings is 1. The Hall–Kier alpha value is -0.920. The van der Waals surface area contributed by atoms with Crippen LogP contribution >= 0.6 is 27.3 Å². The molecule has 64 valence electrons. The molecule has 2 nitrogen and oxygen atoms in total. The smallest absolute Gasteiger partial charge is 0.265 e. The fraction of sp³-hybridized carbons (Fsp3) is 0.111. The molecule has 0 spiro atoms. The van der Waals surface area contributed by atoms with Crippen molar-refractivity contribution in [3.05, 3.63) is 39.1 Å². The van der Waals surface area contributed by atoms with Gasteiger partial charge in [0.25, 0.3) is 6.54 Å². The van der Waals surface area contributed by atoms with E-state index in [0.717, 1.165) is 19.7 Å². The van der Waals surface area contributed by atoms with E-state index < -0.39 is 0 Å². The van der Waals surface area contributed by atoms with Gasteiger partial charge >= 0.3 is 0 Å². The van der Waals surface area contributed by atoms with Crippen molar-refractivity contribution in [1.82, 2.24) is 4.98 Å². The Morgan fingerprint density at radius 2 is 2.38 bits per heavy atom. The van der Waals surface area contributed by atoms with E-state index in [-0.39, 0.29) is 0 Å². The van der Waals surface area contributed by atoms with Gasteiger partial charge in [0.1, 0.15) is 0 Å². The summed E-state index contributed by atoms with van der Waals surface area (Å²) < 4.78 is 2.13. The number of aromatic nitrogens is 1. The van der Waals surface area contributed by atoms with E-state index >= 15 is 0 Å². The molecule has 0 bridgehead atoms. The number of halogens is 1. The molecule has 0 aliphatic rings. The van der Waals surface area contributed by atoms with Gasteiger partial charge in [-0.2, -0.15) is 0 Å². The maximum absolute atomic E-state index is 6.75. The molecule has 2 aromatic rings. The zero-order chi connectivity index (χ0) is 9.26. The van der Waals surface area contributed by atoms with Crippen LogP contribution in [-0.2, 0) is 6.54 Å². The van der Waals surface area contributed by atoms with Gasteiger partial charge < -0.3 is 4.85 Å². The minimum absolute atomic E-state index is 0.381. The number of para-hydroxylation sites is 1. The first kappa shape index (κ1) is 8.67. The molecule has 1 heterocycles. The van der Waals surface area contributed by atoms with E-state index in [2.05, 4.69) is 25.8 Å². The van der Waals surface area contributed by atoms with Crippen LogP contribution in [0.4, 0.5) is 0 Å². The molecular weight excluding hydrogens is 248 g/mol. The molecule has 0 aliphatic heterocycles. The van der Waals surface area contributed by atoms with Crippen LogP contribution in [0.3, 0.4) is 0 Å². The summed E-state index contributed by atoms with van der Waals surface area (Å²) in [6.45, 7) is 7.13. The van der Waals surface area contributed by atoms with Crippen molar-refractivity contribution in [3.8, 4) is 0 Å². The Bertz CT molecular complexity index is 484. The lowest BCUT2D eigenvalue weighted by atomic mass is 10.3. The Morgan fingerprint density at radius 3 is 3.08 bits per heavy atom. The summed E-state index contributed by atoms with van der Waals surface area (Å²) in [5.41, 5.74) is 0.964. The summed E-state index contributed by atoms with van der Waals surface area (Å²) in [4.78, 5) is 7.67. The predicted octanol–water partition coefficient (Wildman–Crippen LogP) is 3.48. The van der Waals surface area contributed by atoms with Crippen LogP contribution in [0.2, 0.25) is 0 Å². The maximum Gasteiger partial charge on any atom is 0.265 e. The minimum Gasteiger partial charge on any atom is -0.309 e. The van der Waals surface area contributed by atoms with Crippen molar-refractivity contribution >= 4 is 37.5 Å². The third-order valence-electron chi connectivity index (χ3n) is 1.63. The van der Waals surface area contributed by atoms with Crippen LogP contribution in [0.25, 0.3) is 15.1 Å². The van der Waals surface area contributed by atoms with Crippen molar-refractivity contribution in [3.63, 3.8) is 0 Å². The van der Waals surface area contributed by atoms with Crippen molar-refractivity contribution < 1.29 is 0 Å². The van der Waals surface area contributed by atoms with Crippen molar-refractivity contribution in [2.75, 3.05) is 0 Å². The summed E-state index contributed by atoms with van der Waals surface area (Å²) in [5.74, 6) is 0. The SMILES string of the molecule is [C-]#[N+]Cc1nc2c(Br)cccc2s1. The van der Waals surface area contributed by atoms with Gasteiger partial charge in [0.2, 0.25) is 0 Å². The molecule has 0 N–H and O–H groups in total. The highest BCUT2D eigenvalue weighted by atomic mass is 79.9. The van der Waals surface area contributed by atoms with Crippen LogP contribution in [0.1, 0.15) is 5.01 Å². The minimum atomic E-state index is 0.381. The van der Waals surface area contributed by atoms with Gasteiger partial charge in [0.15, 0.2) is 5.01 Å². The van der Waals surface area contributed by atoms with Gasteiger partial charge in [0.05, 0.1) is 10.2 Å². The second-order valence-electron chi connectivity index (χ2n) is 2.51. The Labute approximate surface area is 88.2 Å². The standard InChI is InChI=1S/C9H5BrN2S/c1-11-5-8-12-9-6(10)3-2-4-7(9)13-8/h2-4H,5H2. The van der Waals surface area contributed by atoms with Gasteiger partial charge in [-0.25, -0.2) is 11.6 Å². The molecule has 1 aromatic heterocycles. The highest BCUT2D eigenvalue weighted by molar-refractivity contribution is 9.10. The van der Waals surface area contributed by atoms with E-state index in [0.29, 0.717) is 6.54 Å². The largest absolute Gasteiger partial charge is 0.309 e. The second kappa shape index (κ2) is 3.44. The average molecular weight is 253 g/mol. The van der Waals surface area contributed by atoms with Crippen molar-refractivity contribution in [1.29, 1.82) is 0 Å². The topological polar surface area (TPSA) is 17.2 Å². The Balaban J connectivity index is 2.63. The molecule has 0 fully saturated rings. The van der Waals surface area contributed by atoms with Crippen LogP contribution in [0.15, 0.2) is 22.7 Å². The molecular formula is C9H5BrN2S. The van der Waals surface area contributed by atoms with Gasteiger partial charge in [-0.05, 0) is 28.1 Å². The average Bonchev–Trinajstić information content (AvgIpc) is 2.49. The fourth-order valence-electron chi connectivity index (χ4n) is 1.10. The van der Waals surface area contributed by atoms with Gasteiger partial charge in [-0.15, -0.1) is 11.3 Å². The quantitative estimate of drug-likeness (QED) is 0.711. The summed E-state index contributed by atoms with van der Waals surface area (Å²) in [6.07, 6.45) is 0. The predicted molar refractivity (Wildman–Crippen MR) is 57.6 cm³/mol. The first-order valence-corrected chi connectivity index (χ1v) is 5.29. The summed E-state index contributed by atoms with van der Waals surface area (Å²) in [7, 11) is 0. The van der Waals surface area contributed by atoms with Gasteiger partial charge in [-0.3, -0.25) is 0 Å². The van der Waals surface area contributed by atoms with Gasteiger partial charge in [-0.1, -0.05) is 6.07 Å². The van der Waals surface area contributed by atoms with Crippen LogP contribution in [0.5, 0.6) is 0 Å². The van der Waals surface area contributed by atoms with E-state index in [1.54, 1.807) is 11.3 Å². The molecule has 0 aliphatic carbocycles. The number of nitrogens with zero attached hydrogens (tertiary/aromatic N) is 2. The molecule has 0 saturated carbocycles. The third-order valence-corrected chi connectivity index (χ3v) is 3.27. The molecule has 0 saturated heterocycles. The number of hydrogen-bond donors (Lipinski definition) is 0. The molecule has 2 rings (SSSR count). The zero-order valence-corrected chi connectivity index (χ0v) is 9.02. The van der Waals surface area contributed by atoms with Crippen LogP contribution in [-0.4, -0.2) is 4.98 Å².